The van der Waals surface area contributed by atoms with Crippen molar-refractivity contribution in [2.45, 2.75) is 6.54 Å². The summed E-state index contributed by atoms with van der Waals surface area (Å²) in [5.41, 5.74) is 4.22. The maximum absolute atomic E-state index is 11.9. The zero-order valence-electron chi connectivity index (χ0n) is 10.8. The Hall–Kier alpha value is -2.45. The summed E-state index contributed by atoms with van der Waals surface area (Å²) in [5, 5.41) is 14.6. The number of aromatic nitrogens is 2. The van der Waals surface area contributed by atoms with Crippen LogP contribution in [0.3, 0.4) is 0 Å². The predicted octanol–water partition coefficient (Wildman–Crippen LogP) is 1.61. The van der Waals surface area contributed by atoms with Gasteiger partial charge < -0.3 is 5.73 Å². The molecule has 1 heterocycles. The summed E-state index contributed by atoms with van der Waals surface area (Å²) in [6.45, 7) is -0.203. The Kier molecular flexibility index (Phi) is 4.43. The first-order valence-corrected chi connectivity index (χ1v) is 6.55. The largest absolute Gasteiger partial charge is 0.366 e. The Morgan fingerprint density at radius 3 is 2.68 bits per heavy atom. The van der Waals surface area contributed by atoms with Crippen LogP contribution in [0, 0.1) is 10.1 Å². The maximum atomic E-state index is 11.9. The molecule has 8 nitrogen and oxygen atoms in total. The number of carbonyl (C=O) groups excluding carboxylic acids is 1. The number of rotatable bonds is 4. The van der Waals surface area contributed by atoms with Crippen molar-refractivity contribution >= 4 is 34.8 Å². The molecule has 10 heteroatoms. The number of hydrogen-bond acceptors (Lipinski definition) is 5. The van der Waals surface area contributed by atoms with E-state index in [0.717, 1.165) is 16.9 Å². The van der Waals surface area contributed by atoms with Gasteiger partial charge in [0.1, 0.15) is 5.02 Å². The number of primary amides is 1. The lowest BCUT2D eigenvalue weighted by Gasteiger charge is -2.07. The molecular weight excluding hydrogens is 335 g/mol. The molecule has 1 aromatic heterocycles. The van der Waals surface area contributed by atoms with Crippen LogP contribution in [0.1, 0.15) is 15.9 Å². The highest BCUT2D eigenvalue weighted by molar-refractivity contribution is 6.41. The van der Waals surface area contributed by atoms with Crippen LogP contribution in [0.25, 0.3) is 0 Å². The van der Waals surface area contributed by atoms with Crippen molar-refractivity contribution in [3.8, 4) is 0 Å². The number of hydrogen-bond donors (Lipinski definition) is 1. The van der Waals surface area contributed by atoms with Gasteiger partial charge in [-0.1, -0.05) is 23.2 Å². The fraction of sp³-hybridized carbons (Fsp3) is 0.0833. The van der Waals surface area contributed by atoms with E-state index in [4.69, 9.17) is 28.9 Å². The van der Waals surface area contributed by atoms with E-state index in [9.17, 15) is 19.7 Å². The molecule has 0 radical (unpaired) electrons. The summed E-state index contributed by atoms with van der Waals surface area (Å²) in [5.74, 6) is -0.792. The molecule has 114 valence electrons. The Morgan fingerprint density at radius 2 is 2.09 bits per heavy atom. The van der Waals surface area contributed by atoms with Crippen molar-refractivity contribution in [2.24, 2.45) is 5.73 Å². The lowest BCUT2D eigenvalue weighted by Crippen LogP contribution is -2.24. The van der Waals surface area contributed by atoms with Crippen molar-refractivity contribution in [3.63, 3.8) is 0 Å². The molecule has 2 aromatic rings. The number of carbonyl (C=O) groups is 1. The van der Waals surface area contributed by atoms with Gasteiger partial charge in [0.2, 0.25) is 5.91 Å². The maximum Gasteiger partial charge on any atom is 0.287 e. The van der Waals surface area contributed by atoms with Gasteiger partial charge in [0.25, 0.3) is 11.2 Å². The zero-order chi connectivity index (χ0) is 16.4. The van der Waals surface area contributed by atoms with E-state index in [2.05, 4.69) is 5.10 Å². The minimum absolute atomic E-state index is 0.00936. The highest BCUT2D eigenvalue weighted by atomic mass is 35.5. The fourth-order valence-corrected chi connectivity index (χ4v) is 2.01. The van der Waals surface area contributed by atoms with Crippen molar-refractivity contribution in [3.05, 3.63) is 66.0 Å². The van der Waals surface area contributed by atoms with Gasteiger partial charge in [-0.15, -0.1) is 0 Å². The third-order valence-electron chi connectivity index (χ3n) is 2.83. The molecule has 0 aliphatic heterocycles. The second-order valence-electron chi connectivity index (χ2n) is 4.23. The summed E-state index contributed by atoms with van der Waals surface area (Å²) in [7, 11) is 0. The molecular formula is C12H8Cl2N4O4. The molecule has 1 aromatic carbocycles. The lowest BCUT2D eigenvalue weighted by molar-refractivity contribution is -0.385. The van der Waals surface area contributed by atoms with Crippen LogP contribution in [-0.2, 0) is 6.54 Å². The van der Waals surface area contributed by atoms with Crippen LogP contribution in [0.15, 0.2) is 29.2 Å². The van der Waals surface area contributed by atoms with Gasteiger partial charge >= 0.3 is 0 Å². The smallest absolute Gasteiger partial charge is 0.287 e. The van der Waals surface area contributed by atoms with E-state index in [0.29, 0.717) is 0 Å². The summed E-state index contributed by atoms with van der Waals surface area (Å²) in [6.07, 6.45) is 1.16. The number of amides is 1. The number of nitro benzene ring substituents is 1. The highest BCUT2D eigenvalue weighted by Crippen LogP contribution is 2.21. The van der Waals surface area contributed by atoms with E-state index in [-0.39, 0.29) is 33.4 Å². The van der Waals surface area contributed by atoms with Crippen molar-refractivity contribution in [1.82, 2.24) is 9.78 Å². The topological polar surface area (TPSA) is 121 Å². The van der Waals surface area contributed by atoms with Gasteiger partial charge in [0, 0.05) is 11.6 Å². The van der Waals surface area contributed by atoms with E-state index in [1.54, 1.807) is 0 Å². The highest BCUT2D eigenvalue weighted by Gasteiger charge is 2.18. The number of nitro groups is 1. The standard InChI is InChI=1S/C12H8Cl2N4O4/c13-8-4-16-17(12(20)10(8)14)5-7-2-1-6(11(15)19)3-9(7)18(21)22/h1-4H,5H2,(H2,15,19). The van der Waals surface area contributed by atoms with Crippen LogP contribution in [0.2, 0.25) is 10.0 Å². The minimum Gasteiger partial charge on any atom is -0.366 e. The van der Waals surface area contributed by atoms with E-state index < -0.39 is 16.4 Å². The molecule has 2 rings (SSSR count). The molecule has 0 spiro atoms. The third kappa shape index (κ3) is 3.07. The van der Waals surface area contributed by atoms with Crippen molar-refractivity contribution in [2.75, 3.05) is 0 Å². The summed E-state index contributed by atoms with van der Waals surface area (Å²) < 4.78 is 0.931. The summed E-state index contributed by atoms with van der Waals surface area (Å²) in [4.78, 5) is 33.4. The van der Waals surface area contributed by atoms with Crippen LogP contribution in [0.5, 0.6) is 0 Å². The summed E-state index contributed by atoms with van der Waals surface area (Å²) in [6, 6.07) is 3.70. The molecule has 0 saturated heterocycles. The molecule has 1 amide bonds. The number of nitrogens with zero attached hydrogens (tertiary/aromatic N) is 3. The van der Waals surface area contributed by atoms with Gasteiger partial charge in [0.15, 0.2) is 0 Å². The zero-order valence-corrected chi connectivity index (χ0v) is 12.3. The van der Waals surface area contributed by atoms with E-state index in [1.165, 1.54) is 12.1 Å². The van der Waals surface area contributed by atoms with Crippen molar-refractivity contribution < 1.29 is 9.72 Å². The number of benzene rings is 1. The Morgan fingerprint density at radius 1 is 1.41 bits per heavy atom. The Labute approximate surface area is 133 Å². The lowest BCUT2D eigenvalue weighted by atomic mass is 10.1. The fourth-order valence-electron chi connectivity index (χ4n) is 1.74. The SMILES string of the molecule is NC(=O)c1ccc(Cn2ncc(Cl)c(Cl)c2=O)c([N+](=O)[O-])c1. The quantitative estimate of drug-likeness (QED) is 0.668. The second-order valence-corrected chi connectivity index (χ2v) is 5.02. The van der Waals surface area contributed by atoms with Crippen molar-refractivity contribution in [1.29, 1.82) is 0 Å². The number of halogens is 2. The predicted molar refractivity (Wildman–Crippen MR) is 79.2 cm³/mol. The van der Waals surface area contributed by atoms with Gasteiger partial charge in [0.05, 0.1) is 28.3 Å². The first kappa shape index (κ1) is 15.9. The monoisotopic (exact) mass is 342 g/mol. The van der Waals surface area contributed by atoms with Gasteiger partial charge in [-0.05, 0) is 12.1 Å². The Balaban J connectivity index is 2.50. The number of nitrogens with two attached hydrogens (primary N) is 1. The summed E-state index contributed by atoms with van der Waals surface area (Å²) >= 11 is 11.4. The average molecular weight is 343 g/mol. The van der Waals surface area contributed by atoms with Crippen LogP contribution in [0.4, 0.5) is 5.69 Å². The van der Waals surface area contributed by atoms with Gasteiger partial charge in [-0.25, -0.2) is 4.68 Å². The third-order valence-corrected chi connectivity index (χ3v) is 3.58. The average Bonchev–Trinajstić information content (AvgIpc) is 2.47. The molecule has 22 heavy (non-hydrogen) atoms. The van der Waals surface area contributed by atoms with Crippen LogP contribution < -0.4 is 11.3 Å². The molecule has 0 bridgehead atoms. The molecule has 0 atom stereocenters. The molecule has 0 saturated carbocycles. The molecule has 0 aliphatic carbocycles. The molecule has 0 unspecified atom stereocenters. The van der Waals surface area contributed by atoms with E-state index in [1.807, 2.05) is 0 Å². The van der Waals surface area contributed by atoms with Crippen LogP contribution in [-0.4, -0.2) is 20.6 Å². The van der Waals surface area contributed by atoms with Crippen LogP contribution >= 0.6 is 23.2 Å². The molecule has 0 aliphatic rings. The van der Waals surface area contributed by atoms with Gasteiger partial charge in [-0.2, -0.15) is 5.10 Å². The minimum atomic E-state index is -0.792. The molecule has 0 fully saturated rings. The Bertz CT molecular complexity index is 834. The molecule has 2 N–H and O–H groups in total. The second kappa shape index (κ2) is 6.12. The van der Waals surface area contributed by atoms with Gasteiger partial charge in [-0.3, -0.25) is 19.7 Å². The normalized spacial score (nSPS) is 10.5. The first-order chi connectivity index (χ1) is 10.3. The first-order valence-electron chi connectivity index (χ1n) is 5.79. The van der Waals surface area contributed by atoms with E-state index >= 15 is 0 Å².